The van der Waals surface area contributed by atoms with Gasteiger partial charge in [0.2, 0.25) is 0 Å². The zero-order valence-electron chi connectivity index (χ0n) is 6.29. The largest absolute Gasteiger partial charge is 0.388 e. The van der Waals surface area contributed by atoms with Gasteiger partial charge < -0.3 is 5.32 Å². The zero-order valence-corrected chi connectivity index (χ0v) is 7.88. The Morgan fingerprint density at radius 1 is 1.44 bits per heavy atom. The second kappa shape index (κ2) is 4.86. The summed E-state index contributed by atoms with van der Waals surface area (Å²) >= 11 is 3.42. The molecule has 0 aromatic rings. The number of rotatable bonds is 3. The first-order valence-electron chi connectivity index (χ1n) is 3.31. The van der Waals surface area contributed by atoms with Gasteiger partial charge >= 0.3 is 0 Å². The Hall–Kier alpha value is 0.0200. The maximum atomic E-state index is 3.42. The molecule has 0 radical (unpaired) electrons. The number of allylic oxidation sites excluding steroid dienone is 2. The molecule has 0 rings (SSSR count). The number of hydrogen-bond acceptors (Lipinski definition) is 1. The molecule has 0 atom stereocenters. The number of halogens is 1. The van der Waals surface area contributed by atoms with Crippen molar-refractivity contribution in [2.24, 2.45) is 0 Å². The van der Waals surface area contributed by atoms with Crippen molar-refractivity contribution in [2.75, 3.05) is 6.54 Å². The third kappa shape index (κ3) is 3.57. The lowest BCUT2D eigenvalue weighted by Gasteiger charge is -2.06. The lowest BCUT2D eigenvalue weighted by Crippen LogP contribution is -2.11. The fourth-order valence-corrected chi connectivity index (χ4v) is 1.12. The van der Waals surface area contributed by atoms with E-state index in [1.165, 1.54) is 10.2 Å². The van der Waals surface area contributed by atoms with Crippen molar-refractivity contribution < 1.29 is 0 Å². The summed E-state index contributed by atoms with van der Waals surface area (Å²) in [5.74, 6) is 0. The molecule has 1 N–H and O–H groups in total. The molecule has 0 aliphatic rings. The summed E-state index contributed by atoms with van der Waals surface area (Å²) in [6.45, 7) is 7.31. The van der Waals surface area contributed by atoms with Crippen molar-refractivity contribution in [3.63, 3.8) is 0 Å². The summed E-state index contributed by atoms with van der Waals surface area (Å²) < 4.78 is 1.21. The van der Waals surface area contributed by atoms with Crippen LogP contribution in [0.3, 0.4) is 0 Å². The van der Waals surface area contributed by atoms with E-state index >= 15 is 0 Å². The van der Waals surface area contributed by atoms with Crippen LogP contribution in [0, 0.1) is 0 Å². The molecule has 0 aromatic carbocycles. The Kier molecular flexibility index (Phi) is 4.87. The first-order chi connectivity index (χ1) is 4.22. The van der Waals surface area contributed by atoms with Crippen molar-refractivity contribution in [1.82, 2.24) is 5.32 Å². The van der Waals surface area contributed by atoms with Crippen LogP contribution in [0.4, 0.5) is 0 Å². The molecule has 1 nitrogen and oxygen atoms in total. The molecule has 2 heteroatoms. The second-order valence-corrected chi connectivity index (χ2v) is 3.09. The fraction of sp³-hybridized carbons (Fsp3) is 0.714. The van der Waals surface area contributed by atoms with Gasteiger partial charge in [-0.2, -0.15) is 0 Å². The Balaban J connectivity index is 3.83. The van der Waals surface area contributed by atoms with Crippen LogP contribution in [0.5, 0.6) is 0 Å². The Bertz CT molecular complexity index is 103. The number of nitrogens with one attached hydrogen (secondary N) is 1. The van der Waals surface area contributed by atoms with Crippen LogP contribution < -0.4 is 5.32 Å². The van der Waals surface area contributed by atoms with E-state index in [4.69, 9.17) is 0 Å². The van der Waals surface area contributed by atoms with Crippen LogP contribution in [0.25, 0.3) is 0 Å². The second-order valence-electron chi connectivity index (χ2n) is 1.90. The van der Waals surface area contributed by atoms with Crippen LogP contribution in [0.2, 0.25) is 0 Å². The highest BCUT2D eigenvalue weighted by Gasteiger charge is 1.92. The third-order valence-corrected chi connectivity index (χ3v) is 1.64. The molecule has 0 aliphatic heterocycles. The zero-order chi connectivity index (χ0) is 7.28. The molecular formula is C7H14BrN. The van der Waals surface area contributed by atoms with Crippen molar-refractivity contribution in [2.45, 2.75) is 27.2 Å². The van der Waals surface area contributed by atoms with Gasteiger partial charge in [-0.3, -0.25) is 0 Å². The highest BCUT2D eigenvalue weighted by Crippen LogP contribution is 2.10. The predicted octanol–water partition coefficient (Wildman–Crippen LogP) is 2.63. The van der Waals surface area contributed by atoms with Gasteiger partial charge in [0.25, 0.3) is 0 Å². The molecule has 0 amide bonds. The molecule has 0 aliphatic carbocycles. The molecule has 0 fully saturated rings. The molecule has 0 aromatic heterocycles. The highest BCUT2D eigenvalue weighted by atomic mass is 79.9. The Morgan fingerprint density at radius 2 is 2.00 bits per heavy atom. The molecule has 0 bridgehead atoms. The molecule has 54 valence electrons. The van der Waals surface area contributed by atoms with Gasteiger partial charge in [-0.1, -0.05) is 22.9 Å². The van der Waals surface area contributed by atoms with E-state index in [9.17, 15) is 0 Å². The quantitative estimate of drug-likeness (QED) is 0.724. The maximum absolute atomic E-state index is 3.42. The third-order valence-electron chi connectivity index (χ3n) is 1.16. The topological polar surface area (TPSA) is 12.0 Å². The summed E-state index contributed by atoms with van der Waals surface area (Å²) in [5.41, 5.74) is 1.30. The number of hydrogen-bond donors (Lipinski definition) is 1. The standard InChI is InChI=1S/C7H14BrN/c1-4-7(6(3)8)9-5-2/h9H,4-5H2,1-3H3/b7-6+. The molecule has 0 spiro atoms. The summed E-state index contributed by atoms with van der Waals surface area (Å²) in [5, 5.41) is 3.26. The highest BCUT2D eigenvalue weighted by molar-refractivity contribution is 9.11. The maximum Gasteiger partial charge on any atom is 0.0204 e. The molecule has 0 unspecified atom stereocenters. The fourth-order valence-electron chi connectivity index (χ4n) is 0.704. The van der Waals surface area contributed by atoms with E-state index < -0.39 is 0 Å². The van der Waals surface area contributed by atoms with E-state index in [0.717, 1.165) is 13.0 Å². The SMILES string of the molecule is CCN/C(CC)=C(\C)Br. The summed E-state index contributed by atoms with van der Waals surface area (Å²) in [6, 6.07) is 0. The van der Waals surface area contributed by atoms with Gasteiger partial charge in [-0.05, 0) is 20.3 Å². The van der Waals surface area contributed by atoms with Crippen molar-refractivity contribution in [3.05, 3.63) is 10.2 Å². The van der Waals surface area contributed by atoms with E-state index in [-0.39, 0.29) is 0 Å². The van der Waals surface area contributed by atoms with Gasteiger partial charge in [0.05, 0.1) is 0 Å². The minimum Gasteiger partial charge on any atom is -0.388 e. The average Bonchev–Trinajstić information content (AvgIpc) is 1.82. The van der Waals surface area contributed by atoms with Crippen LogP contribution in [-0.2, 0) is 0 Å². The average molecular weight is 192 g/mol. The van der Waals surface area contributed by atoms with Crippen LogP contribution >= 0.6 is 15.9 Å². The van der Waals surface area contributed by atoms with Crippen molar-refractivity contribution >= 4 is 15.9 Å². The van der Waals surface area contributed by atoms with Gasteiger partial charge in [-0.15, -0.1) is 0 Å². The molecule has 0 heterocycles. The van der Waals surface area contributed by atoms with Gasteiger partial charge in [0.15, 0.2) is 0 Å². The van der Waals surface area contributed by atoms with Crippen LogP contribution in [-0.4, -0.2) is 6.54 Å². The van der Waals surface area contributed by atoms with E-state index in [1.54, 1.807) is 0 Å². The van der Waals surface area contributed by atoms with E-state index in [0.29, 0.717) is 0 Å². The minimum absolute atomic E-state index is 1.01. The lowest BCUT2D eigenvalue weighted by molar-refractivity contribution is 0.802. The molecule has 0 saturated heterocycles. The summed E-state index contributed by atoms with van der Waals surface area (Å²) in [6.07, 6.45) is 1.07. The molecule has 9 heavy (non-hydrogen) atoms. The van der Waals surface area contributed by atoms with Crippen LogP contribution in [0.1, 0.15) is 27.2 Å². The van der Waals surface area contributed by atoms with Crippen molar-refractivity contribution in [1.29, 1.82) is 0 Å². The van der Waals surface area contributed by atoms with Crippen LogP contribution in [0.15, 0.2) is 10.2 Å². The van der Waals surface area contributed by atoms with Gasteiger partial charge in [0, 0.05) is 16.7 Å². The Morgan fingerprint density at radius 3 is 2.11 bits per heavy atom. The lowest BCUT2D eigenvalue weighted by atomic mass is 10.3. The summed E-state index contributed by atoms with van der Waals surface area (Å²) in [4.78, 5) is 0. The smallest absolute Gasteiger partial charge is 0.0204 e. The molecular weight excluding hydrogens is 178 g/mol. The minimum atomic E-state index is 1.01. The van der Waals surface area contributed by atoms with Crippen molar-refractivity contribution in [3.8, 4) is 0 Å². The predicted molar refractivity (Wildman–Crippen MR) is 45.6 cm³/mol. The molecule has 0 saturated carbocycles. The van der Waals surface area contributed by atoms with Gasteiger partial charge in [0.1, 0.15) is 0 Å². The Labute approximate surface area is 65.7 Å². The van der Waals surface area contributed by atoms with E-state index in [1.807, 2.05) is 0 Å². The first-order valence-corrected chi connectivity index (χ1v) is 4.10. The first kappa shape index (κ1) is 9.02. The van der Waals surface area contributed by atoms with E-state index in [2.05, 4.69) is 42.0 Å². The van der Waals surface area contributed by atoms with Gasteiger partial charge in [-0.25, -0.2) is 0 Å². The normalized spacial score (nSPS) is 12.9. The monoisotopic (exact) mass is 191 g/mol. The summed E-state index contributed by atoms with van der Waals surface area (Å²) in [7, 11) is 0.